The predicted molar refractivity (Wildman–Crippen MR) is 168 cm³/mol. The van der Waals surface area contributed by atoms with Crippen LogP contribution in [0, 0.1) is 17.8 Å². The Hall–Kier alpha value is -2.29. The molecule has 6 rings (SSSR count). The van der Waals surface area contributed by atoms with Gasteiger partial charge >= 0.3 is 0 Å². The maximum absolute atomic E-state index is 13.8. The summed E-state index contributed by atoms with van der Waals surface area (Å²) >= 11 is 12.5. The highest BCUT2D eigenvalue weighted by Gasteiger charge is 2.51. The van der Waals surface area contributed by atoms with Crippen molar-refractivity contribution in [1.82, 2.24) is 10.2 Å². The van der Waals surface area contributed by atoms with E-state index in [1.165, 1.54) is 49.0 Å². The standard InChI is InChI=1S/C32H41Cl2N3O4S/c1-4-11-35-31(39)21(2)36(19-25-5-8-27(33)15-29(25)34)30(38)20-37(42(3,40)41)28-9-6-26(7-10-28)32-16-22-12-23(17-32)14-24(13-22)18-32/h5-10,15,21-24H,4,11-14,16-20H2,1-3H3,(H,35,39). The van der Waals surface area contributed by atoms with E-state index in [2.05, 4.69) is 17.4 Å². The Morgan fingerprint density at radius 3 is 2.12 bits per heavy atom. The lowest BCUT2D eigenvalue weighted by Gasteiger charge is -2.57. The number of halogens is 2. The molecule has 1 unspecified atom stereocenters. The van der Waals surface area contributed by atoms with Crippen molar-refractivity contribution in [1.29, 1.82) is 0 Å². The van der Waals surface area contributed by atoms with Gasteiger partial charge in [-0.2, -0.15) is 0 Å². The van der Waals surface area contributed by atoms with E-state index in [1.54, 1.807) is 25.1 Å². The molecule has 0 spiro atoms. The minimum absolute atomic E-state index is 0.0259. The van der Waals surface area contributed by atoms with E-state index in [9.17, 15) is 18.0 Å². The molecule has 42 heavy (non-hydrogen) atoms. The predicted octanol–water partition coefficient (Wildman–Crippen LogP) is 6.17. The number of carbonyl (C=O) groups excluding carboxylic acids is 2. The maximum atomic E-state index is 13.8. The van der Waals surface area contributed by atoms with Crippen molar-refractivity contribution in [2.75, 3.05) is 23.7 Å². The monoisotopic (exact) mass is 633 g/mol. The van der Waals surface area contributed by atoms with E-state index in [0.717, 1.165) is 34.7 Å². The van der Waals surface area contributed by atoms with Gasteiger partial charge in [-0.15, -0.1) is 0 Å². The molecule has 0 aliphatic heterocycles. The summed E-state index contributed by atoms with van der Waals surface area (Å²) in [6, 6.07) is 11.9. The minimum atomic E-state index is -3.81. The topological polar surface area (TPSA) is 86.8 Å². The van der Waals surface area contributed by atoms with Gasteiger partial charge in [0.25, 0.3) is 0 Å². The molecule has 4 aliphatic rings. The lowest BCUT2D eigenvalue weighted by Crippen LogP contribution is -2.51. The molecule has 7 nitrogen and oxygen atoms in total. The Labute approximate surface area is 260 Å². The van der Waals surface area contributed by atoms with Gasteiger partial charge in [-0.05, 0) is 110 Å². The maximum Gasteiger partial charge on any atom is 0.244 e. The molecule has 2 amide bonds. The lowest BCUT2D eigenvalue weighted by atomic mass is 9.48. The Morgan fingerprint density at radius 1 is 1.00 bits per heavy atom. The third-order valence-corrected chi connectivity index (χ3v) is 11.3. The summed E-state index contributed by atoms with van der Waals surface area (Å²) in [4.78, 5) is 28.2. The fraction of sp³-hybridized carbons (Fsp3) is 0.562. The molecule has 0 saturated heterocycles. The summed E-state index contributed by atoms with van der Waals surface area (Å²) in [5, 5.41) is 3.65. The second kappa shape index (κ2) is 12.4. The number of amides is 2. The van der Waals surface area contributed by atoms with E-state index >= 15 is 0 Å². The number of hydrogen-bond donors (Lipinski definition) is 1. The third-order valence-electron chi connectivity index (χ3n) is 9.56. The molecular formula is C32H41Cl2N3O4S. The SMILES string of the molecule is CCCNC(=O)C(C)N(Cc1ccc(Cl)cc1Cl)C(=O)CN(c1ccc(C23CC4CC(CC(C4)C2)C3)cc1)S(C)(=O)=O. The average molecular weight is 635 g/mol. The largest absolute Gasteiger partial charge is 0.354 e. The highest BCUT2D eigenvalue weighted by molar-refractivity contribution is 7.92. The molecule has 1 N–H and O–H groups in total. The number of anilines is 1. The van der Waals surface area contributed by atoms with Crippen molar-refractivity contribution >= 4 is 50.7 Å². The number of sulfonamides is 1. The zero-order valence-corrected chi connectivity index (χ0v) is 26.9. The first-order valence-corrected chi connectivity index (χ1v) is 17.6. The zero-order chi connectivity index (χ0) is 30.2. The fourth-order valence-corrected chi connectivity index (χ4v) is 9.19. The summed E-state index contributed by atoms with van der Waals surface area (Å²) in [5.41, 5.74) is 2.52. The van der Waals surface area contributed by atoms with Crippen molar-refractivity contribution in [2.24, 2.45) is 17.8 Å². The first-order valence-electron chi connectivity index (χ1n) is 15.0. The molecule has 0 radical (unpaired) electrons. The minimum Gasteiger partial charge on any atom is -0.354 e. The first kappa shape index (κ1) is 31.1. The quantitative estimate of drug-likeness (QED) is 0.321. The van der Waals surface area contributed by atoms with E-state index in [-0.39, 0.29) is 17.9 Å². The van der Waals surface area contributed by atoms with Gasteiger partial charge in [-0.3, -0.25) is 13.9 Å². The van der Waals surface area contributed by atoms with Gasteiger partial charge in [0.1, 0.15) is 12.6 Å². The highest BCUT2D eigenvalue weighted by Crippen LogP contribution is 2.60. The van der Waals surface area contributed by atoms with Gasteiger partial charge in [0.15, 0.2) is 0 Å². The Balaban J connectivity index is 1.39. The van der Waals surface area contributed by atoms with Crippen LogP contribution < -0.4 is 9.62 Å². The lowest BCUT2D eigenvalue weighted by molar-refractivity contribution is -0.139. The summed E-state index contributed by atoms with van der Waals surface area (Å²) in [5.74, 6) is 1.59. The van der Waals surface area contributed by atoms with Crippen molar-refractivity contribution in [3.63, 3.8) is 0 Å². The summed E-state index contributed by atoms with van der Waals surface area (Å²) < 4.78 is 27.2. The van der Waals surface area contributed by atoms with E-state index in [4.69, 9.17) is 23.2 Å². The van der Waals surface area contributed by atoms with Gasteiger partial charge in [0, 0.05) is 23.1 Å². The summed E-state index contributed by atoms with van der Waals surface area (Å²) in [6.45, 7) is 3.64. The molecule has 2 aromatic carbocycles. The Morgan fingerprint density at radius 2 is 1.60 bits per heavy atom. The molecule has 0 heterocycles. The molecule has 4 aliphatic carbocycles. The van der Waals surface area contributed by atoms with E-state index < -0.39 is 28.5 Å². The molecule has 4 saturated carbocycles. The van der Waals surface area contributed by atoms with Gasteiger partial charge in [-0.25, -0.2) is 8.42 Å². The van der Waals surface area contributed by atoms with Gasteiger partial charge < -0.3 is 10.2 Å². The van der Waals surface area contributed by atoms with Crippen molar-refractivity contribution in [3.8, 4) is 0 Å². The van der Waals surface area contributed by atoms with Gasteiger partial charge in [-0.1, -0.05) is 48.3 Å². The molecule has 10 heteroatoms. The second-order valence-electron chi connectivity index (χ2n) is 12.7. The number of nitrogens with zero attached hydrogens (tertiary/aromatic N) is 2. The molecule has 0 aromatic heterocycles. The normalized spacial score (nSPS) is 25.2. The number of rotatable bonds is 11. The van der Waals surface area contributed by atoms with Crippen LogP contribution in [0.3, 0.4) is 0 Å². The van der Waals surface area contributed by atoms with Crippen LogP contribution >= 0.6 is 23.2 Å². The van der Waals surface area contributed by atoms with Crippen molar-refractivity contribution in [2.45, 2.75) is 76.8 Å². The molecule has 4 bridgehead atoms. The molecule has 1 atom stereocenters. The van der Waals surface area contributed by atoms with Crippen LogP contribution in [0.1, 0.15) is 69.9 Å². The van der Waals surface area contributed by atoms with E-state index in [0.29, 0.717) is 27.8 Å². The Kier molecular flexibility index (Phi) is 9.17. The highest BCUT2D eigenvalue weighted by atomic mass is 35.5. The first-order chi connectivity index (χ1) is 19.9. The van der Waals surface area contributed by atoms with Gasteiger partial charge in [0.2, 0.25) is 21.8 Å². The number of benzene rings is 2. The third kappa shape index (κ3) is 6.61. The van der Waals surface area contributed by atoms with Crippen molar-refractivity contribution in [3.05, 3.63) is 63.6 Å². The average Bonchev–Trinajstić information content (AvgIpc) is 2.92. The van der Waals surface area contributed by atoms with Crippen LogP contribution in [0.2, 0.25) is 10.0 Å². The smallest absolute Gasteiger partial charge is 0.244 e. The van der Waals surface area contributed by atoms with Crippen LogP contribution in [0.5, 0.6) is 0 Å². The van der Waals surface area contributed by atoms with Crippen LogP contribution in [-0.2, 0) is 31.6 Å². The molecule has 2 aromatic rings. The molecule has 228 valence electrons. The Bertz CT molecular complexity index is 1390. The zero-order valence-electron chi connectivity index (χ0n) is 24.6. The fourth-order valence-electron chi connectivity index (χ4n) is 7.87. The molecule has 4 fully saturated rings. The van der Waals surface area contributed by atoms with E-state index in [1.807, 2.05) is 19.1 Å². The van der Waals surface area contributed by atoms with Crippen LogP contribution in [-0.4, -0.2) is 50.5 Å². The number of nitrogens with one attached hydrogen (secondary N) is 1. The second-order valence-corrected chi connectivity index (χ2v) is 15.5. The summed E-state index contributed by atoms with van der Waals surface area (Å²) in [7, 11) is -3.81. The van der Waals surface area contributed by atoms with Crippen LogP contribution in [0.4, 0.5) is 5.69 Å². The van der Waals surface area contributed by atoms with Crippen LogP contribution in [0.15, 0.2) is 42.5 Å². The van der Waals surface area contributed by atoms with Crippen LogP contribution in [0.25, 0.3) is 0 Å². The number of carbonyl (C=O) groups is 2. The number of hydrogen-bond acceptors (Lipinski definition) is 4. The summed E-state index contributed by atoms with van der Waals surface area (Å²) in [6.07, 6.45) is 9.56. The molecular weight excluding hydrogens is 593 g/mol. The van der Waals surface area contributed by atoms with Crippen molar-refractivity contribution < 1.29 is 18.0 Å². The van der Waals surface area contributed by atoms with Gasteiger partial charge in [0.05, 0.1) is 11.9 Å².